The molecule has 6 nitrogen and oxygen atoms in total. The van der Waals surface area contributed by atoms with E-state index in [1.807, 2.05) is 0 Å². The van der Waals surface area contributed by atoms with Gasteiger partial charge < -0.3 is 20.4 Å². The fourth-order valence-corrected chi connectivity index (χ4v) is 2.72. The van der Waals surface area contributed by atoms with Crippen molar-refractivity contribution in [2.45, 2.75) is 43.9 Å². The number of carboxylic acids is 1. The number of rotatable bonds is 2. The van der Waals surface area contributed by atoms with Gasteiger partial charge in [0.05, 0.1) is 6.10 Å². The van der Waals surface area contributed by atoms with Crippen molar-refractivity contribution in [2.75, 3.05) is 6.54 Å². The Hall–Kier alpha value is -1.30. The normalized spacial score (nSPS) is 32.6. The molecule has 0 aromatic rings. The summed E-state index contributed by atoms with van der Waals surface area (Å²) in [4.78, 5) is 23.8. The number of hydrogen-bond acceptors (Lipinski definition) is 3. The molecular weight excluding hydrogens is 212 g/mol. The number of fused-ring (bicyclic) bond motifs is 2. The summed E-state index contributed by atoms with van der Waals surface area (Å²) < 4.78 is 0. The summed E-state index contributed by atoms with van der Waals surface area (Å²) in [6.07, 6.45) is 2.71. The van der Waals surface area contributed by atoms with E-state index >= 15 is 0 Å². The zero-order chi connectivity index (χ0) is 11.7. The van der Waals surface area contributed by atoms with Crippen LogP contribution in [0.1, 0.15) is 25.7 Å². The summed E-state index contributed by atoms with van der Waals surface area (Å²) in [6, 6.07) is -0.174. The van der Waals surface area contributed by atoms with E-state index < -0.39 is 5.97 Å². The number of carbonyl (C=O) groups excluding carboxylic acids is 1. The summed E-state index contributed by atoms with van der Waals surface area (Å²) in [5.74, 6) is -1.04. The van der Waals surface area contributed by atoms with Crippen LogP contribution in [-0.2, 0) is 4.79 Å². The Balaban J connectivity index is 1.95. The zero-order valence-electron chi connectivity index (χ0n) is 8.93. The summed E-state index contributed by atoms with van der Waals surface area (Å²) in [5, 5.41) is 20.4. The van der Waals surface area contributed by atoms with Crippen LogP contribution in [0.4, 0.5) is 4.79 Å². The predicted octanol–water partition coefficient (Wildman–Crippen LogP) is -0.232. The van der Waals surface area contributed by atoms with Crippen LogP contribution in [-0.4, -0.2) is 51.8 Å². The van der Waals surface area contributed by atoms with Gasteiger partial charge >= 0.3 is 12.0 Å². The first-order valence-corrected chi connectivity index (χ1v) is 5.54. The maximum Gasteiger partial charge on any atom is 0.323 e. The van der Waals surface area contributed by atoms with Gasteiger partial charge in [0.1, 0.15) is 6.54 Å². The smallest absolute Gasteiger partial charge is 0.323 e. The number of carboxylic acid groups (broad SMARTS) is 1. The molecule has 90 valence electrons. The molecule has 0 saturated carbocycles. The second-order valence-electron chi connectivity index (χ2n) is 4.47. The van der Waals surface area contributed by atoms with Gasteiger partial charge in [-0.25, -0.2) is 4.79 Å². The Morgan fingerprint density at radius 2 is 1.81 bits per heavy atom. The van der Waals surface area contributed by atoms with Gasteiger partial charge in [-0.1, -0.05) is 0 Å². The Morgan fingerprint density at radius 1 is 1.25 bits per heavy atom. The monoisotopic (exact) mass is 228 g/mol. The van der Waals surface area contributed by atoms with Crippen molar-refractivity contribution < 1.29 is 19.8 Å². The number of hydrogen-bond donors (Lipinski definition) is 3. The Bertz CT molecular complexity index is 293. The molecule has 2 heterocycles. The molecule has 0 radical (unpaired) electrons. The summed E-state index contributed by atoms with van der Waals surface area (Å²) in [7, 11) is 0. The topological polar surface area (TPSA) is 89.9 Å². The van der Waals surface area contributed by atoms with Crippen molar-refractivity contribution in [1.29, 1.82) is 0 Å². The number of nitrogens with one attached hydrogen (secondary N) is 1. The quantitative estimate of drug-likeness (QED) is 0.609. The van der Waals surface area contributed by atoms with Gasteiger partial charge in [0, 0.05) is 12.1 Å². The first-order valence-electron chi connectivity index (χ1n) is 5.54. The third-order valence-corrected chi connectivity index (χ3v) is 3.33. The molecule has 2 saturated heterocycles. The van der Waals surface area contributed by atoms with E-state index in [1.54, 1.807) is 4.90 Å². The average molecular weight is 228 g/mol. The van der Waals surface area contributed by atoms with Crippen molar-refractivity contribution in [3.63, 3.8) is 0 Å². The molecule has 2 fully saturated rings. The summed E-state index contributed by atoms with van der Waals surface area (Å²) >= 11 is 0. The molecule has 0 aromatic heterocycles. The van der Waals surface area contributed by atoms with Crippen molar-refractivity contribution in [1.82, 2.24) is 10.2 Å². The van der Waals surface area contributed by atoms with Gasteiger partial charge in [-0.3, -0.25) is 4.79 Å². The fourth-order valence-electron chi connectivity index (χ4n) is 2.72. The van der Waals surface area contributed by atoms with Crippen LogP contribution in [0.2, 0.25) is 0 Å². The molecule has 3 N–H and O–H groups in total. The third-order valence-electron chi connectivity index (χ3n) is 3.33. The van der Waals surface area contributed by atoms with Crippen LogP contribution in [0, 0.1) is 0 Å². The van der Waals surface area contributed by atoms with Gasteiger partial charge in [0.15, 0.2) is 0 Å². The maximum atomic E-state index is 11.7. The lowest BCUT2D eigenvalue weighted by molar-refractivity contribution is -0.135. The number of nitrogens with zero attached hydrogens (tertiary/aromatic N) is 1. The molecule has 6 heteroatoms. The lowest BCUT2D eigenvalue weighted by atomic mass is 10.0. The Labute approximate surface area is 93.2 Å². The number of aliphatic hydroxyl groups excluding tert-OH is 1. The average Bonchev–Trinajstić information content (AvgIpc) is 2.48. The van der Waals surface area contributed by atoms with Crippen LogP contribution < -0.4 is 5.32 Å². The lowest BCUT2D eigenvalue weighted by Gasteiger charge is -2.36. The van der Waals surface area contributed by atoms with Gasteiger partial charge in [-0.05, 0) is 25.7 Å². The molecule has 2 aliphatic heterocycles. The number of aliphatic carboxylic acids is 1. The number of carbonyl (C=O) groups is 2. The second-order valence-corrected chi connectivity index (χ2v) is 4.47. The van der Waals surface area contributed by atoms with Crippen molar-refractivity contribution in [2.24, 2.45) is 0 Å². The number of aliphatic hydroxyl groups is 1. The minimum Gasteiger partial charge on any atom is -0.480 e. The lowest BCUT2D eigenvalue weighted by Crippen LogP contribution is -2.52. The molecule has 0 aliphatic carbocycles. The molecule has 0 aromatic carbocycles. The molecule has 16 heavy (non-hydrogen) atoms. The molecule has 2 rings (SSSR count). The van der Waals surface area contributed by atoms with Crippen LogP contribution in [0.3, 0.4) is 0 Å². The van der Waals surface area contributed by atoms with Gasteiger partial charge in [-0.2, -0.15) is 0 Å². The third kappa shape index (κ3) is 2.11. The van der Waals surface area contributed by atoms with Crippen LogP contribution in [0.25, 0.3) is 0 Å². The fraction of sp³-hybridized carbons (Fsp3) is 0.800. The van der Waals surface area contributed by atoms with Crippen LogP contribution in [0.15, 0.2) is 0 Å². The highest BCUT2D eigenvalue weighted by Gasteiger charge is 2.42. The summed E-state index contributed by atoms with van der Waals surface area (Å²) in [5.41, 5.74) is 0. The molecule has 2 aliphatic rings. The maximum absolute atomic E-state index is 11.7. The Morgan fingerprint density at radius 3 is 2.31 bits per heavy atom. The highest BCUT2D eigenvalue weighted by atomic mass is 16.4. The minimum absolute atomic E-state index is 0.0718. The molecule has 2 bridgehead atoms. The van der Waals surface area contributed by atoms with E-state index in [2.05, 4.69) is 5.32 Å². The predicted molar refractivity (Wildman–Crippen MR) is 54.9 cm³/mol. The molecule has 2 amide bonds. The number of piperidine rings is 1. The highest BCUT2D eigenvalue weighted by Crippen LogP contribution is 2.35. The second kappa shape index (κ2) is 4.29. The van der Waals surface area contributed by atoms with Crippen LogP contribution in [0.5, 0.6) is 0 Å². The van der Waals surface area contributed by atoms with Crippen molar-refractivity contribution in [3.8, 4) is 0 Å². The number of amides is 2. The SMILES string of the molecule is O=C(O)CNC(=O)N1C2CCC1CC(O)C2. The minimum atomic E-state index is -1.04. The van der Waals surface area contributed by atoms with Crippen LogP contribution >= 0.6 is 0 Å². The van der Waals surface area contributed by atoms with Gasteiger partial charge in [0.25, 0.3) is 0 Å². The van der Waals surface area contributed by atoms with E-state index in [9.17, 15) is 14.7 Å². The first-order chi connectivity index (χ1) is 7.58. The Kier molecular flexibility index (Phi) is 3.00. The van der Waals surface area contributed by atoms with E-state index in [-0.39, 0.29) is 30.8 Å². The van der Waals surface area contributed by atoms with Crippen molar-refractivity contribution >= 4 is 12.0 Å². The largest absolute Gasteiger partial charge is 0.480 e. The molecule has 2 unspecified atom stereocenters. The van der Waals surface area contributed by atoms with Gasteiger partial charge in [-0.15, -0.1) is 0 Å². The van der Waals surface area contributed by atoms with E-state index in [1.165, 1.54) is 0 Å². The molecular formula is C10H16N2O4. The van der Waals surface area contributed by atoms with E-state index in [0.29, 0.717) is 12.8 Å². The van der Waals surface area contributed by atoms with Gasteiger partial charge in [0.2, 0.25) is 0 Å². The number of urea groups is 1. The van der Waals surface area contributed by atoms with Crippen molar-refractivity contribution in [3.05, 3.63) is 0 Å². The zero-order valence-corrected chi connectivity index (χ0v) is 8.93. The molecule has 2 atom stereocenters. The highest BCUT2D eigenvalue weighted by molar-refractivity contribution is 5.80. The first kappa shape index (κ1) is 11.2. The standard InChI is InChI=1S/C10H16N2O4/c13-8-3-6-1-2-7(4-8)12(6)10(16)11-5-9(14)15/h6-8,13H,1-5H2,(H,11,16)(H,14,15). The molecule has 0 spiro atoms. The summed E-state index contributed by atoms with van der Waals surface area (Å²) in [6.45, 7) is -0.350. The van der Waals surface area contributed by atoms with E-state index in [0.717, 1.165) is 12.8 Å². The van der Waals surface area contributed by atoms with E-state index in [4.69, 9.17) is 5.11 Å².